The van der Waals surface area contributed by atoms with E-state index >= 15 is 0 Å². The van der Waals surface area contributed by atoms with Gasteiger partial charge in [-0.2, -0.15) is 0 Å². The minimum atomic E-state index is -0.477. The second kappa shape index (κ2) is 8.67. The molecule has 3 aromatic carbocycles. The van der Waals surface area contributed by atoms with Crippen LogP contribution in [0.3, 0.4) is 0 Å². The molecule has 6 nitrogen and oxygen atoms in total. The number of hydrogen-bond acceptors (Lipinski definition) is 5. The van der Waals surface area contributed by atoms with Crippen LogP contribution >= 0.6 is 0 Å². The van der Waals surface area contributed by atoms with Gasteiger partial charge in [0, 0.05) is 47.3 Å². The van der Waals surface area contributed by atoms with Crippen LogP contribution in [-0.2, 0) is 0 Å². The zero-order chi connectivity index (χ0) is 21.8. The van der Waals surface area contributed by atoms with Gasteiger partial charge in [0.1, 0.15) is 5.75 Å². The highest BCUT2D eigenvalue weighted by Crippen LogP contribution is 2.34. The standard InChI is InChI=1S/C25H20N2O4/c1-31-22-13-11-20(12-14-22)26-16-15-23(18-5-3-2-4-6-18)24(17-26)25(28)19-7-9-21(10-8-19)27(29)30/h2-17,23H,1H3. The van der Waals surface area contributed by atoms with E-state index < -0.39 is 4.92 Å². The molecule has 4 rings (SSSR count). The number of nitrogens with zero attached hydrogens (tertiary/aromatic N) is 2. The van der Waals surface area contributed by atoms with Crippen LogP contribution in [0, 0.1) is 10.1 Å². The normalized spacial score (nSPS) is 15.3. The topological polar surface area (TPSA) is 72.7 Å². The van der Waals surface area contributed by atoms with Crippen LogP contribution in [-0.4, -0.2) is 17.8 Å². The summed E-state index contributed by atoms with van der Waals surface area (Å²) in [5.41, 5.74) is 2.82. The van der Waals surface area contributed by atoms with Gasteiger partial charge in [0.2, 0.25) is 0 Å². The molecule has 1 heterocycles. The molecule has 0 fully saturated rings. The van der Waals surface area contributed by atoms with Crippen molar-refractivity contribution in [2.45, 2.75) is 5.92 Å². The van der Waals surface area contributed by atoms with Crippen molar-refractivity contribution in [1.29, 1.82) is 0 Å². The molecule has 1 atom stereocenters. The van der Waals surface area contributed by atoms with Crippen LogP contribution in [0.5, 0.6) is 5.75 Å². The average Bonchev–Trinajstić information content (AvgIpc) is 2.84. The van der Waals surface area contributed by atoms with Crippen LogP contribution in [0.25, 0.3) is 0 Å². The molecule has 154 valence electrons. The summed E-state index contributed by atoms with van der Waals surface area (Å²) in [5.74, 6) is 0.350. The first-order valence-corrected chi connectivity index (χ1v) is 9.73. The Kier molecular flexibility index (Phi) is 5.62. The summed E-state index contributed by atoms with van der Waals surface area (Å²) >= 11 is 0. The van der Waals surface area contributed by atoms with E-state index in [2.05, 4.69) is 0 Å². The summed E-state index contributed by atoms with van der Waals surface area (Å²) in [6.45, 7) is 0. The number of Topliss-reactive ketones (excluding diaryl/α,β-unsaturated/α-hetero) is 1. The number of anilines is 1. The van der Waals surface area contributed by atoms with Gasteiger partial charge in [-0.15, -0.1) is 0 Å². The average molecular weight is 412 g/mol. The number of ether oxygens (including phenoxy) is 1. The number of hydrogen-bond donors (Lipinski definition) is 0. The number of ketones is 1. The lowest BCUT2D eigenvalue weighted by molar-refractivity contribution is -0.384. The molecular formula is C25H20N2O4. The lowest BCUT2D eigenvalue weighted by Crippen LogP contribution is -2.21. The summed E-state index contributed by atoms with van der Waals surface area (Å²) in [5, 5.41) is 11.0. The van der Waals surface area contributed by atoms with Gasteiger partial charge in [-0.25, -0.2) is 0 Å². The molecule has 6 heteroatoms. The van der Waals surface area contributed by atoms with Crippen LogP contribution in [0.4, 0.5) is 11.4 Å². The van der Waals surface area contributed by atoms with Crippen molar-refractivity contribution in [3.8, 4) is 5.75 Å². The molecule has 0 amide bonds. The van der Waals surface area contributed by atoms with Crippen molar-refractivity contribution in [3.63, 3.8) is 0 Å². The number of benzene rings is 3. The minimum absolute atomic E-state index is 0.0476. The van der Waals surface area contributed by atoms with Crippen LogP contribution in [0.1, 0.15) is 21.8 Å². The highest BCUT2D eigenvalue weighted by atomic mass is 16.6. The third kappa shape index (κ3) is 4.23. The maximum Gasteiger partial charge on any atom is 0.269 e. The summed E-state index contributed by atoms with van der Waals surface area (Å²) in [4.78, 5) is 25.8. The molecule has 0 aliphatic carbocycles. The predicted octanol–water partition coefficient (Wildman–Crippen LogP) is 5.49. The molecule has 0 bridgehead atoms. The van der Waals surface area contributed by atoms with Gasteiger partial charge in [-0.1, -0.05) is 36.4 Å². The molecule has 0 saturated heterocycles. The molecule has 0 N–H and O–H groups in total. The first-order chi connectivity index (χ1) is 15.1. The van der Waals surface area contributed by atoms with Gasteiger partial charge in [0.05, 0.1) is 12.0 Å². The largest absolute Gasteiger partial charge is 0.497 e. The number of nitro groups is 1. The van der Waals surface area contributed by atoms with E-state index in [1.54, 1.807) is 7.11 Å². The van der Waals surface area contributed by atoms with E-state index in [1.165, 1.54) is 24.3 Å². The fourth-order valence-corrected chi connectivity index (χ4v) is 3.52. The second-order valence-corrected chi connectivity index (χ2v) is 7.05. The van der Waals surface area contributed by atoms with Crippen molar-refractivity contribution in [1.82, 2.24) is 0 Å². The summed E-state index contributed by atoms with van der Waals surface area (Å²) in [6, 6.07) is 23.0. The smallest absolute Gasteiger partial charge is 0.269 e. The summed E-state index contributed by atoms with van der Waals surface area (Å²) in [7, 11) is 1.61. The number of carbonyl (C=O) groups is 1. The molecule has 3 aromatic rings. The van der Waals surface area contributed by atoms with Crippen molar-refractivity contribution < 1.29 is 14.5 Å². The van der Waals surface area contributed by atoms with Crippen LogP contribution in [0.15, 0.2) is 103 Å². The molecule has 0 saturated carbocycles. The third-order valence-electron chi connectivity index (χ3n) is 5.18. The Labute approximate surface area is 179 Å². The molecule has 1 unspecified atom stereocenters. The Balaban J connectivity index is 1.72. The zero-order valence-electron chi connectivity index (χ0n) is 16.8. The van der Waals surface area contributed by atoms with E-state index in [0.717, 1.165) is 17.0 Å². The monoisotopic (exact) mass is 412 g/mol. The first-order valence-electron chi connectivity index (χ1n) is 9.73. The van der Waals surface area contributed by atoms with Crippen molar-refractivity contribution in [3.05, 3.63) is 124 Å². The maximum absolute atomic E-state index is 13.4. The molecule has 0 radical (unpaired) electrons. The van der Waals surface area contributed by atoms with Crippen molar-refractivity contribution in [2.24, 2.45) is 0 Å². The van der Waals surface area contributed by atoms with Gasteiger partial charge in [0.25, 0.3) is 5.69 Å². The third-order valence-corrected chi connectivity index (χ3v) is 5.18. The fraction of sp³-hybridized carbons (Fsp3) is 0.0800. The highest BCUT2D eigenvalue weighted by molar-refractivity contribution is 6.10. The first kappa shape index (κ1) is 20.1. The van der Waals surface area contributed by atoms with Crippen LogP contribution in [0.2, 0.25) is 0 Å². The lowest BCUT2D eigenvalue weighted by atomic mass is 9.85. The Hall–Kier alpha value is -4.19. The SMILES string of the molecule is COc1ccc(N2C=CC(c3ccccc3)C(C(=O)c3ccc([N+](=O)[O-])cc3)=C2)cc1. The number of carbonyl (C=O) groups excluding carboxylic acids is 1. The zero-order valence-corrected chi connectivity index (χ0v) is 16.8. The number of allylic oxidation sites excluding steroid dienone is 2. The van der Waals surface area contributed by atoms with Crippen molar-refractivity contribution >= 4 is 17.2 Å². The Bertz CT molecular complexity index is 1150. The van der Waals surface area contributed by atoms with Gasteiger partial charge in [0.15, 0.2) is 5.78 Å². The fourth-order valence-electron chi connectivity index (χ4n) is 3.52. The van der Waals surface area contributed by atoms with E-state index in [-0.39, 0.29) is 17.4 Å². The van der Waals surface area contributed by atoms with Gasteiger partial charge in [-0.05, 0) is 42.0 Å². The number of non-ortho nitro benzene ring substituents is 1. The van der Waals surface area contributed by atoms with E-state index in [0.29, 0.717) is 11.1 Å². The molecule has 31 heavy (non-hydrogen) atoms. The number of rotatable bonds is 6. The maximum atomic E-state index is 13.4. The lowest BCUT2D eigenvalue weighted by Gasteiger charge is -2.27. The Morgan fingerprint density at radius 3 is 2.26 bits per heavy atom. The van der Waals surface area contributed by atoms with Gasteiger partial charge in [-0.3, -0.25) is 14.9 Å². The van der Waals surface area contributed by atoms with E-state index in [9.17, 15) is 14.9 Å². The molecule has 0 spiro atoms. The quantitative estimate of drug-likeness (QED) is 0.304. The van der Waals surface area contributed by atoms with Gasteiger partial charge < -0.3 is 9.64 Å². The van der Waals surface area contributed by atoms with Gasteiger partial charge >= 0.3 is 0 Å². The predicted molar refractivity (Wildman–Crippen MR) is 119 cm³/mol. The molecular weight excluding hydrogens is 392 g/mol. The van der Waals surface area contributed by atoms with E-state index in [4.69, 9.17) is 4.74 Å². The number of methoxy groups -OCH3 is 1. The molecule has 1 aliphatic heterocycles. The Morgan fingerprint density at radius 2 is 1.65 bits per heavy atom. The minimum Gasteiger partial charge on any atom is -0.497 e. The van der Waals surface area contributed by atoms with Crippen molar-refractivity contribution in [2.75, 3.05) is 12.0 Å². The molecule has 0 aromatic heterocycles. The summed E-state index contributed by atoms with van der Waals surface area (Å²) < 4.78 is 5.22. The highest BCUT2D eigenvalue weighted by Gasteiger charge is 2.26. The second-order valence-electron chi connectivity index (χ2n) is 7.05. The molecule has 1 aliphatic rings. The Morgan fingerprint density at radius 1 is 0.968 bits per heavy atom. The van der Waals surface area contributed by atoms with Crippen LogP contribution < -0.4 is 9.64 Å². The van der Waals surface area contributed by atoms with E-state index in [1.807, 2.05) is 78.0 Å². The summed E-state index contributed by atoms with van der Waals surface area (Å²) in [6.07, 6.45) is 5.74. The number of nitro benzene ring substituents is 1.